The summed E-state index contributed by atoms with van der Waals surface area (Å²) in [4.78, 5) is 0. The maximum atomic E-state index is 9.49. The van der Waals surface area contributed by atoms with Crippen molar-refractivity contribution in [3.05, 3.63) is 0 Å². The molecule has 2 unspecified atom stereocenters. The van der Waals surface area contributed by atoms with Gasteiger partial charge in [-0.25, -0.2) is 0 Å². The molecule has 110 valence electrons. The fraction of sp³-hybridized carbons (Fsp3) is 0.938. The van der Waals surface area contributed by atoms with Gasteiger partial charge in [0.2, 0.25) is 0 Å². The summed E-state index contributed by atoms with van der Waals surface area (Å²) in [5.41, 5.74) is -0.0595. The molecule has 19 heavy (non-hydrogen) atoms. The highest BCUT2D eigenvalue weighted by molar-refractivity contribution is 5.10. The molecule has 0 spiro atoms. The van der Waals surface area contributed by atoms with Gasteiger partial charge in [0.15, 0.2) is 0 Å². The second kappa shape index (κ2) is 6.72. The maximum Gasteiger partial charge on any atom is 0.109 e. The van der Waals surface area contributed by atoms with Crippen molar-refractivity contribution in [1.29, 1.82) is 5.26 Å². The molecule has 0 aliphatic heterocycles. The second-order valence-corrected chi connectivity index (χ2v) is 7.39. The predicted molar refractivity (Wildman–Crippen MR) is 78.9 cm³/mol. The van der Waals surface area contributed by atoms with Gasteiger partial charge in [0.05, 0.1) is 12.2 Å². The van der Waals surface area contributed by atoms with Gasteiger partial charge in [-0.05, 0) is 44.9 Å². The van der Waals surface area contributed by atoms with E-state index >= 15 is 0 Å². The second-order valence-electron chi connectivity index (χ2n) is 7.39. The van der Waals surface area contributed by atoms with E-state index < -0.39 is 0 Å². The lowest BCUT2D eigenvalue weighted by atomic mass is 9.80. The molecule has 0 amide bonds. The summed E-state index contributed by atoms with van der Waals surface area (Å²) in [5, 5.41) is 12.9. The third-order valence-corrected chi connectivity index (χ3v) is 3.69. The van der Waals surface area contributed by atoms with Crippen LogP contribution in [0.15, 0.2) is 0 Å². The number of hydrogen-bond donors (Lipinski definition) is 1. The van der Waals surface area contributed by atoms with Crippen LogP contribution in [0.5, 0.6) is 0 Å². The van der Waals surface area contributed by atoms with Crippen LogP contribution in [0.2, 0.25) is 0 Å². The van der Waals surface area contributed by atoms with Gasteiger partial charge in [-0.1, -0.05) is 20.8 Å². The molecule has 0 heterocycles. The molecular formula is C16H30N2O. The average Bonchev–Trinajstić information content (AvgIpc) is 2.27. The minimum Gasteiger partial charge on any atom is -0.378 e. The van der Waals surface area contributed by atoms with E-state index in [1.54, 1.807) is 0 Å². The minimum absolute atomic E-state index is 0.238. The summed E-state index contributed by atoms with van der Waals surface area (Å²) in [6, 6.07) is 2.84. The Labute approximate surface area is 118 Å². The SMILES string of the molecule is CC(C)NC1(C#N)CCCC(OCCC(C)(C)C)C1. The molecule has 1 saturated carbocycles. The molecule has 0 saturated heterocycles. The maximum absolute atomic E-state index is 9.49. The highest BCUT2D eigenvalue weighted by Gasteiger charge is 2.37. The van der Waals surface area contributed by atoms with Crippen LogP contribution < -0.4 is 5.32 Å². The predicted octanol–water partition coefficient (Wildman–Crippen LogP) is 3.64. The van der Waals surface area contributed by atoms with E-state index in [0.717, 1.165) is 38.7 Å². The Morgan fingerprint density at radius 1 is 1.42 bits per heavy atom. The quantitative estimate of drug-likeness (QED) is 0.826. The van der Waals surface area contributed by atoms with Crippen molar-refractivity contribution in [2.75, 3.05) is 6.61 Å². The van der Waals surface area contributed by atoms with Gasteiger partial charge in [0.1, 0.15) is 5.54 Å². The fourth-order valence-electron chi connectivity index (χ4n) is 2.72. The molecule has 1 N–H and O–H groups in total. The third-order valence-electron chi connectivity index (χ3n) is 3.69. The molecule has 0 aromatic heterocycles. The van der Waals surface area contributed by atoms with E-state index in [1.807, 2.05) is 0 Å². The fourth-order valence-corrected chi connectivity index (χ4v) is 2.72. The van der Waals surface area contributed by atoms with E-state index in [0.29, 0.717) is 11.5 Å². The van der Waals surface area contributed by atoms with Crippen LogP contribution in [0.4, 0.5) is 0 Å². The first-order valence-electron chi connectivity index (χ1n) is 7.57. The Bertz CT molecular complexity index is 314. The van der Waals surface area contributed by atoms with Crippen molar-refractivity contribution in [2.24, 2.45) is 5.41 Å². The van der Waals surface area contributed by atoms with E-state index in [1.165, 1.54) is 0 Å². The first kappa shape index (κ1) is 16.5. The lowest BCUT2D eigenvalue weighted by molar-refractivity contribution is -0.00228. The smallest absolute Gasteiger partial charge is 0.109 e. The monoisotopic (exact) mass is 266 g/mol. The Balaban J connectivity index is 2.47. The summed E-state index contributed by atoms with van der Waals surface area (Å²) < 4.78 is 6.01. The lowest BCUT2D eigenvalue weighted by Gasteiger charge is -2.38. The van der Waals surface area contributed by atoms with Crippen molar-refractivity contribution in [2.45, 2.75) is 84.4 Å². The molecule has 0 aromatic rings. The number of nitrogens with one attached hydrogen (secondary N) is 1. The lowest BCUT2D eigenvalue weighted by Crippen LogP contribution is -2.52. The number of nitrogens with zero attached hydrogens (tertiary/aromatic N) is 1. The van der Waals surface area contributed by atoms with E-state index in [-0.39, 0.29) is 11.6 Å². The van der Waals surface area contributed by atoms with Crippen LogP contribution in [0, 0.1) is 16.7 Å². The number of hydrogen-bond acceptors (Lipinski definition) is 3. The van der Waals surface area contributed by atoms with Crippen molar-refractivity contribution in [3.63, 3.8) is 0 Å². The molecule has 0 radical (unpaired) electrons. The number of ether oxygens (including phenoxy) is 1. The largest absolute Gasteiger partial charge is 0.378 e. The van der Waals surface area contributed by atoms with Gasteiger partial charge in [0.25, 0.3) is 0 Å². The zero-order valence-corrected chi connectivity index (χ0v) is 13.3. The van der Waals surface area contributed by atoms with Crippen molar-refractivity contribution < 1.29 is 4.74 Å². The summed E-state index contributed by atoms with van der Waals surface area (Å²) in [6.45, 7) is 11.7. The van der Waals surface area contributed by atoms with Crippen molar-refractivity contribution in [1.82, 2.24) is 5.32 Å². The van der Waals surface area contributed by atoms with E-state index in [2.05, 4.69) is 46.0 Å². The zero-order chi connectivity index (χ0) is 14.5. The summed E-state index contributed by atoms with van der Waals surface area (Å²) in [6.07, 6.45) is 5.25. The molecule has 3 heteroatoms. The molecule has 2 atom stereocenters. The third kappa shape index (κ3) is 5.93. The van der Waals surface area contributed by atoms with Crippen molar-refractivity contribution >= 4 is 0 Å². The van der Waals surface area contributed by atoms with Gasteiger partial charge in [-0.15, -0.1) is 0 Å². The first-order chi connectivity index (χ1) is 8.76. The van der Waals surface area contributed by atoms with Crippen molar-refractivity contribution in [3.8, 4) is 6.07 Å². The Morgan fingerprint density at radius 2 is 2.11 bits per heavy atom. The first-order valence-corrected chi connectivity index (χ1v) is 7.57. The van der Waals surface area contributed by atoms with Gasteiger partial charge >= 0.3 is 0 Å². The van der Waals surface area contributed by atoms with Gasteiger partial charge in [-0.2, -0.15) is 5.26 Å². The molecule has 0 aromatic carbocycles. The van der Waals surface area contributed by atoms with Crippen LogP contribution in [-0.2, 0) is 4.74 Å². The number of rotatable bonds is 5. The van der Waals surface area contributed by atoms with Crippen LogP contribution in [0.25, 0.3) is 0 Å². The van der Waals surface area contributed by atoms with Gasteiger partial charge in [0, 0.05) is 19.1 Å². The molecule has 1 fully saturated rings. The van der Waals surface area contributed by atoms with Crippen LogP contribution in [0.3, 0.4) is 0 Å². The molecule has 1 aliphatic carbocycles. The standard InChI is InChI=1S/C16H30N2O/c1-13(2)18-16(12-17)8-6-7-14(11-16)19-10-9-15(3,4)5/h13-14,18H,6-11H2,1-5H3. The Morgan fingerprint density at radius 3 is 2.63 bits per heavy atom. The Hall–Kier alpha value is -0.590. The normalized spacial score (nSPS) is 28.4. The zero-order valence-electron chi connectivity index (χ0n) is 13.3. The topological polar surface area (TPSA) is 45.0 Å². The minimum atomic E-state index is -0.376. The highest BCUT2D eigenvalue weighted by Crippen LogP contribution is 2.31. The highest BCUT2D eigenvalue weighted by atomic mass is 16.5. The van der Waals surface area contributed by atoms with Gasteiger partial charge in [-0.3, -0.25) is 5.32 Å². The summed E-state index contributed by atoms with van der Waals surface area (Å²) in [5.74, 6) is 0. The molecule has 0 bridgehead atoms. The van der Waals surface area contributed by atoms with Gasteiger partial charge < -0.3 is 4.74 Å². The van der Waals surface area contributed by atoms with Crippen LogP contribution in [-0.4, -0.2) is 24.3 Å². The Kier molecular flexibility index (Phi) is 5.82. The van der Waals surface area contributed by atoms with Crippen LogP contribution >= 0.6 is 0 Å². The molecule has 1 aliphatic rings. The van der Waals surface area contributed by atoms with Crippen LogP contribution in [0.1, 0.15) is 66.7 Å². The summed E-state index contributed by atoms with van der Waals surface area (Å²) in [7, 11) is 0. The average molecular weight is 266 g/mol. The molecule has 3 nitrogen and oxygen atoms in total. The van der Waals surface area contributed by atoms with E-state index in [4.69, 9.17) is 4.74 Å². The summed E-state index contributed by atoms with van der Waals surface area (Å²) >= 11 is 0. The molecular weight excluding hydrogens is 236 g/mol. The molecule has 1 rings (SSSR count). The van der Waals surface area contributed by atoms with E-state index in [9.17, 15) is 5.26 Å². The number of nitriles is 1.